The summed E-state index contributed by atoms with van der Waals surface area (Å²) in [7, 11) is 0. The zero-order valence-corrected chi connectivity index (χ0v) is 5.67. The Morgan fingerprint density at radius 3 is 2.40 bits per heavy atom. The number of anilines is 1. The van der Waals surface area contributed by atoms with Crippen molar-refractivity contribution < 1.29 is 0 Å². The van der Waals surface area contributed by atoms with Crippen molar-refractivity contribution in [2.24, 2.45) is 5.73 Å². The SMILES string of the molecule is C=C(N)Nc1ccccc1. The van der Waals surface area contributed by atoms with E-state index >= 15 is 0 Å². The lowest BCUT2D eigenvalue weighted by Crippen LogP contribution is -2.06. The molecule has 0 bridgehead atoms. The standard InChI is InChI=1S/C8H10N2/c1-7(9)10-8-5-3-2-4-6-8/h2-6,10H,1,9H2. The van der Waals surface area contributed by atoms with E-state index in [0.29, 0.717) is 5.82 Å². The second-order valence-electron chi connectivity index (χ2n) is 2.02. The summed E-state index contributed by atoms with van der Waals surface area (Å²) in [5.41, 5.74) is 6.29. The van der Waals surface area contributed by atoms with E-state index in [9.17, 15) is 0 Å². The molecule has 1 rings (SSSR count). The summed E-state index contributed by atoms with van der Waals surface area (Å²) in [6.45, 7) is 3.52. The van der Waals surface area contributed by atoms with Crippen LogP contribution in [0.25, 0.3) is 0 Å². The molecule has 0 aliphatic carbocycles. The molecule has 0 saturated heterocycles. The van der Waals surface area contributed by atoms with Gasteiger partial charge in [-0.05, 0) is 12.1 Å². The lowest BCUT2D eigenvalue weighted by molar-refractivity contribution is 1.33. The number of hydrogen-bond donors (Lipinski definition) is 2. The first-order valence-electron chi connectivity index (χ1n) is 3.05. The largest absolute Gasteiger partial charge is 0.386 e. The van der Waals surface area contributed by atoms with Crippen molar-refractivity contribution in [3.05, 3.63) is 42.7 Å². The molecule has 0 aromatic heterocycles. The van der Waals surface area contributed by atoms with Gasteiger partial charge >= 0.3 is 0 Å². The summed E-state index contributed by atoms with van der Waals surface area (Å²) in [6.07, 6.45) is 0. The highest BCUT2D eigenvalue weighted by molar-refractivity contribution is 5.46. The summed E-state index contributed by atoms with van der Waals surface area (Å²) < 4.78 is 0. The Hall–Kier alpha value is -1.44. The third-order valence-electron chi connectivity index (χ3n) is 1.08. The summed E-state index contributed by atoms with van der Waals surface area (Å²) in [6, 6.07) is 9.68. The average molecular weight is 134 g/mol. The number of nitrogens with one attached hydrogen (secondary N) is 1. The molecule has 52 valence electrons. The fourth-order valence-corrected chi connectivity index (χ4v) is 0.707. The van der Waals surface area contributed by atoms with Crippen molar-refractivity contribution in [3.8, 4) is 0 Å². The normalized spacial score (nSPS) is 8.80. The Bertz CT molecular complexity index is 216. The summed E-state index contributed by atoms with van der Waals surface area (Å²) in [4.78, 5) is 0. The van der Waals surface area contributed by atoms with Crippen LogP contribution in [0, 0.1) is 0 Å². The van der Waals surface area contributed by atoms with E-state index in [0.717, 1.165) is 5.69 Å². The van der Waals surface area contributed by atoms with E-state index in [2.05, 4.69) is 11.9 Å². The maximum atomic E-state index is 5.32. The van der Waals surface area contributed by atoms with Crippen molar-refractivity contribution in [2.45, 2.75) is 0 Å². The van der Waals surface area contributed by atoms with Crippen LogP contribution in [-0.2, 0) is 0 Å². The van der Waals surface area contributed by atoms with E-state index in [1.807, 2.05) is 30.3 Å². The number of rotatable bonds is 2. The summed E-state index contributed by atoms with van der Waals surface area (Å²) in [5, 5.41) is 2.89. The summed E-state index contributed by atoms with van der Waals surface area (Å²) in [5.74, 6) is 0.464. The number of hydrogen-bond acceptors (Lipinski definition) is 2. The minimum absolute atomic E-state index is 0.464. The molecule has 0 radical (unpaired) electrons. The fraction of sp³-hybridized carbons (Fsp3) is 0. The number of nitrogens with two attached hydrogens (primary N) is 1. The van der Waals surface area contributed by atoms with Gasteiger partial charge in [0.1, 0.15) is 0 Å². The van der Waals surface area contributed by atoms with Crippen molar-refractivity contribution in [3.63, 3.8) is 0 Å². The quantitative estimate of drug-likeness (QED) is 0.643. The molecule has 2 heteroatoms. The molecule has 0 aliphatic heterocycles. The van der Waals surface area contributed by atoms with E-state index in [1.165, 1.54) is 0 Å². The number of benzene rings is 1. The highest BCUT2D eigenvalue weighted by Gasteiger charge is 1.85. The first kappa shape index (κ1) is 6.68. The highest BCUT2D eigenvalue weighted by Crippen LogP contribution is 2.04. The van der Waals surface area contributed by atoms with Crippen LogP contribution in [0.3, 0.4) is 0 Å². The van der Waals surface area contributed by atoms with Gasteiger partial charge < -0.3 is 11.1 Å². The minimum atomic E-state index is 0.464. The maximum absolute atomic E-state index is 5.32. The topological polar surface area (TPSA) is 38.0 Å². The Morgan fingerprint density at radius 2 is 1.90 bits per heavy atom. The van der Waals surface area contributed by atoms with Gasteiger partial charge in [-0.15, -0.1) is 0 Å². The van der Waals surface area contributed by atoms with Crippen molar-refractivity contribution in [2.75, 3.05) is 5.32 Å². The maximum Gasteiger partial charge on any atom is 0.0930 e. The fourth-order valence-electron chi connectivity index (χ4n) is 0.707. The zero-order chi connectivity index (χ0) is 7.40. The van der Waals surface area contributed by atoms with Crippen LogP contribution < -0.4 is 11.1 Å². The van der Waals surface area contributed by atoms with E-state index in [-0.39, 0.29) is 0 Å². The predicted octanol–water partition coefficient (Wildman–Crippen LogP) is 1.53. The second-order valence-corrected chi connectivity index (χ2v) is 2.02. The monoisotopic (exact) mass is 134 g/mol. The van der Waals surface area contributed by atoms with Crippen LogP contribution in [0.15, 0.2) is 42.7 Å². The second kappa shape index (κ2) is 2.92. The molecular formula is C8H10N2. The first-order chi connectivity index (χ1) is 4.79. The van der Waals surface area contributed by atoms with Crippen molar-refractivity contribution in [1.29, 1.82) is 0 Å². The molecule has 0 aliphatic rings. The third-order valence-corrected chi connectivity index (χ3v) is 1.08. The Labute approximate surface area is 60.4 Å². The van der Waals surface area contributed by atoms with Gasteiger partial charge in [0.15, 0.2) is 0 Å². The van der Waals surface area contributed by atoms with Gasteiger partial charge in [-0.2, -0.15) is 0 Å². The van der Waals surface area contributed by atoms with E-state index < -0.39 is 0 Å². The van der Waals surface area contributed by atoms with E-state index in [1.54, 1.807) is 0 Å². The lowest BCUT2D eigenvalue weighted by atomic mass is 10.3. The van der Waals surface area contributed by atoms with Crippen LogP contribution in [0.5, 0.6) is 0 Å². The molecule has 10 heavy (non-hydrogen) atoms. The van der Waals surface area contributed by atoms with Crippen LogP contribution in [-0.4, -0.2) is 0 Å². The molecule has 1 aromatic rings. The molecule has 0 atom stereocenters. The molecule has 3 N–H and O–H groups in total. The minimum Gasteiger partial charge on any atom is -0.386 e. The molecule has 2 nitrogen and oxygen atoms in total. The molecule has 0 fully saturated rings. The zero-order valence-electron chi connectivity index (χ0n) is 5.67. The molecular weight excluding hydrogens is 124 g/mol. The van der Waals surface area contributed by atoms with Crippen LogP contribution in [0.4, 0.5) is 5.69 Å². The van der Waals surface area contributed by atoms with Crippen molar-refractivity contribution in [1.82, 2.24) is 0 Å². The first-order valence-corrected chi connectivity index (χ1v) is 3.05. The highest BCUT2D eigenvalue weighted by atomic mass is 15.0. The molecule has 0 unspecified atom stereocenters. The lowest BCUT2D eigenvalue weighted by Gasteiger charge is -2.02. The predicted molar refractivity (Wildman–Crippen MR) is 43.4 cm³/mol. The van der Waals surface area contributed by atoms with Crippen LogP contribution in [0.2, 0.25) is 0 Å². The third kappa shape index (κ3) is 1.82. The van der Waals surface area contributed by atoms with Gasteiger partial charge in [0.05, 0.1) is 5.82 Å². The average Bonchev–Trinajstić information content (AvgIpc) is 1.88. The van der Waals surface area contributed by atoms with Crippen LogP contribution in [0.1, 0.15) is 0 Å². The molecule has 0 heterocycles. The van der Waals surface area contributed by atoms with Gasteiger partial charge in [-0.1, -0.05) is 24.8 Å². The van der Waals surface area contributed by atoms with Gasteiger partial charge in [0.2, 0.25) is 0 Å². The Kier molecular flexibility index (Phi) is 1.95. The van der Waals surface area contributed by atoms with Crippen molar-refractivity contribution >= 4 is 5.69 Å². The molecule has 0 saturated carbocycles. The van der Waals surface area contributed by atoms with Gasteiger partial charge in [0, 0.05) is 5.69 Å². The van der Waals surface area contributed by atoms with Gasteiger partial charge in [0.25, 0.3) is 0 Å². The Morgan fingerprint density at radius 1 is 1.30 bits per heavy atom. The smallest absolute Gasteiger partial charge is 0.0930 e. The van der Waals surface area contributed by atoms with Gasteiger partial charge in [-0.25, -0.2) is 0 Å². The van der Waals surface area contributed by atoms with E-state index in [4.69, 9.17) is 5.73 Å². The molecule has 0 amide bonds. The summed E-state index contributed by atoms with van der Waals surface area (Å²) >= 11 is 0. The van der Waals surface area contributed by atoms with Gasteiger partial charge in [-0.3, -0.25) is 0 Å². The molecule has 0 spiro atoms. The number of para-hydroxylation sites is 1. The Balaban J connectivity index is 2.67. The van der Waals surface area contributed by atoms with Crippen LogP contribution >= 0.6 is 0 Å². The molecule has 1 aromatic carbocycles.